The van der Waals surface area contributed by atoms with Gasteiger partial charge < -0.3 is 24.0 Å². The van der Waals surface area contributed by atoms with E-state index in [1.807, 2.05) is 26.8 Å². The van der Waals surface area contributed by atoms with Gasteiger partial charge in [-0.15, -0.1) is 10.2 Å². The summed E-state index contributed by atoms with van der Waals surface area (Å²) < 4.78 is 56.4. The van der Waals surface area contributed by atoms with Crippen molar-refractivity contribution >= 4 is 11.9 Å². The van der Waals surface area contributed by atoms with Gasteiger partial charge in [0.05, 0.1) is 11.3 Å². The molecule has 1 amide bonds. The Morgan fingerprint density at radius 2 is 1.87 bits per heavy atom. The maximum Gasteiger partial charge on any atom is 0.416 e. The number of aromatic nitrogens is 2. The normalized spacial score (nSPS) is 18.3. The van der Waals surface area contributed by atoms with Crippen LogP contribution in [0.2, 0.25) is 0 Å². The van der Waals surface area contributed by atoms with Crippen LogP contribution in [0.4, 0.5) is 23.8 Å². The second kappa shape index (κ2) is 11.0. The van der Waals surface area contributed by atoms with Gasteiger partial charge in [0.1, 0.15) is 11.4 Å². The zero-order valence-corrected chi connectivity index (χ0v) is 22.5. The second-order valence-electron chi connectivity index (χ2n) is 10.8. The summed E-state index contributed by atoms with van der Waals surface area (Å²) >= 11 is 0. The van der Waals surface area contributed by atoms with Crippen LogP contribution in [0.5, 0.6) is 5.75 Å². The highest BCUT2D eigenvalue weighted by molar-refractivity contribution is 5.73. The van der Waals surface area contributed by atoms with E-state index in [4.69, 9.17) is 14.2 Å². The fourth-order valence-electron chi connectivity index (χ4n) is 5.06. The molecule has 11 heteroatoms. The molecule has 1 aromatic heterocycles. The number of hydrogen-bond acceptors (Lipinski definition) is 7. The SMILES string of the molecule is COCOc1cc(C(F)(F)F)cc(C)c1-c1cc2c(nn1)N([C@@H]1CCCN(C(=O)OC(C)(C)C)C1)CCC2. The lowest BCUT2D eigenvalue weighted by molar-refractivity contribution is -0.137. The molecule has 3 heterocycles. The summed E-state index contributed by atoms with van der Waals surface area (Å²) in [7, 11) is 1.41. The maximum absolute atomic E-state index is 13.5. The number of carbonyl (C=O) groups excluding carboxylic acids is 1. The molecule has 1 atom stereocenters. The minimum atomic E-state index is -4.51. The summed E-state index contributed by atoms with van der Waals surface area (Å²) in [6.07, 6.45) is -1.40. The molecule has 0 aliphatic carbocycles. The summed E-state index contributed by atoms with van der Waals surface area (Å²) in [5, 5.41) is 8.98. The first-order valence-electron chi connectivity index (χ1n) is 12.8. The number of piperidine rings is 1. The summed E-state index contributed by atoms with van der Waals surface area (Å²) in [6.45, 7) is 8.93. The van der Waals surface area contributed by atoms with Crippen LogP contribution in [0.1, 0.15) is 56.7 Å². The van der Waals surface area contributed by atoms with Crippen molar-refractivity contribution in [1.82, 2.24) is 15.1 Å². The number of hydrogen-bond donors (Lipinski definition) is 0. The number of nitrogens with zero attached hydrogens (tertiary/aromatic N) is 4. The topological polar surface area (TPSA) is 77.0 Å². The highest BCUT2D eigenvalue weighted by Crippen LogP contribution is 2.40. The Kier molecular flexibility index (Phi) is 8.06. The van der Waals surface area contributed by atoms with E-state index in [0.29, 0.717) is 29.9 Å². The number of aryl methyl sites for hydroxylation is 2. The van der Waals surface area contributed by atoms with E-state index in [2.05, 4.69) is 15.1 Å². The van der Waals surface area contributed by atoms with E-state index in [9.17, 15) is 18.0 Å². The predicted octanol–water partition coefficient (Wildman–Crippen LogP) is 5.61. The average molecular weight is 537 g/mol. The molecule has 0 bridgehead atoms. The Morgan fingerprint density at radius 3 is 2.55 bits per heavy atom. The minimum absolute atomic E-state index is 0.0429. The zero-order chi connectivity index (χ0) is 27.7. The molecular formula is C27H35F3N4O4. The Labute approximate surface area is 221 Å². The van der Waals surface area contributed by atoms with Gasteiger partial charge in [0, 0.05) is 38.3 Å². The highest BCUT2D eigenvalue weighted by atomic mass is 19.4. The van der Waals surface area contributed by atoms with Crippen LogP contribution >= 0.6 is 0 Å². The summed E-state index contributed by atoms with van der Waals surface area (Å²) in [6, 6.07) is 4.03. The van der Waals surface area contributed by atoms with Gasteiger partial charge >= 0.3 is 12.3 Å². The fourth-order valence-corrected chi connectivity index (χ4v) is 5.06. The standard InChI is InChI=1S/C27H35F3N4O4/c1-17-12-19(27(28,29)30)14-22(37-16-36-5)23(17)21-13-18-8-6-11-34(24(18)32-31-21)20-9-7-10-33(15-20)25(35)38-26(2,3)4/h12-14,20H,6-11,15-16H2,1-5H3/t20-/m1/s1. The first-order chi connectivity index (χ1) is 17.9. The molecule has 2 aliphatic heterocycles. The number of benzene rings is 1. The van der Waals surface area contributed by atoms with Crippen molar-refractivity contribution in [2.45, 2.75) is 71.2 Å². The second-order valence-corrected chi connectivity index (χ2v) is 10.8. The zero-order valence-electron chi connectivity index (χ0n) is 22.5. The number of likely N-dealkylation sites (tertiary alicyclic amines) is 1. The predicted molar refractivity (Wildman–Crippen MR) is 136 cm³/mol. The molecule has 208 valence electrons. The van der Waals surface area contributed by atoms with E-state index in [1.165, 1.54) is 7.11 Å². The van der Waals surface area contributed by atoms with E-state index < -0.39 is 17.3 Å². The van der Waals surface area contributed by atoms with E-state index in [0.717, 1.165) is 55.7 Å². The van der Waals surface area contributed by atoms with Gasteiger partial charge in [0.25, 0.3) is 0 Å². The van der Waals surface area contributed by atoms with Gasteiger partial charge in [-0.3, -0.25) is 0 Å². The maximum atomic E-state index is 13.5. The third kappa shape index (κ3) is 6.31. The van der Waals surface area contributed by atoms with Gasteiger partial charge in [-0.2, -0.15) is 13.2 Å². The van der Waals surface area contributed by atoms with Crippen LogP contribution in [0.3, 0.4) is 0 Å². The lowest BCUT2D eigenvalue weighted by atomic mass is 9.96. The molecule has 2 aliphatic rings. The van der Waals surface area contributed by atoms with Crippen LogP contribution in [-0.2, 0) is 22.1 Å². The van der Waals surface area contributed by atoms with Crippen molar-refractivity contribution in [2.75, 3.05) is 38.4 Å². The van der Waals surface area contributed by atoms with Gasteiger partial charge in [0.15, 0.2) is 12.6 Å². The highest BCUT2D eigenvalue weighted by Gasteiger charge is 2.35. The van der Waals surface area contributed by atoms with Crippen molar-refractivity contribution in [3.8, 4) is 17.0 Å². The number of fused-ring (bicyclic) bond motifs is 1. The molecule has 38 heavy (non-hydrogen) atoms. The summed E-state index contributed by atoms with van der Waals surface area (Å²) in [4.78, 5) is 16.6. The van der Waals surface area contributed by atoms with Crippen LogP contribution in [-0.4, -0.2) is 66.4 Å². The van der Waals surface area contributed by atoms with Crippen molar-refractivity contribution in [3.05, 3.63) is 34.9 Å². The number of rotatable bonds is 5. The molecule has 0 saturated carbocycles. The summed E-state index contributed by atoms with van der Waals surface area (Å²) in [5.41, 5.74) is 0.888. The number of anilines is 1. The summed E-state index contributed by atoms with van der Waals surface area (Å²) in [5.74, 6) is 0.793. The molecule has 1 saturated heterocycles. The fraction of sp³-hybridized carbons (Fsp3) is 0.593. The Bertz CT molecular complexity index is 1170. The van der Waals surface area contributed by atoms with Gasteiger partial charge in [-0.25, -0.2) is 4.79 Å². The smallest absolute Gasteiger partial charge is 0.416 e. The van der Waals surface area contributed by atoms with Crippen molar-refractivity contribution in [1.29, 1.82) is 0 Å². The first kappa shape index (κ1) is 27.9. The van der Waals surface area contributed by atoms with Crippen LogP contribution < -0.4 is 9.64 Å². The average Bonchev–Trinajstić information content (AvgIpc) is 2.85. The van der Waals surface area contributed by atoms with Crippen LogP contribution in [0.15, 0.2) is 18.2 Å². The Morgan fingerprint density at radius 1 is 1.11 bits per heavy atom. The monoisotopic (exact) mass is 536 g/mol. The van der Waals surface area contributed by atoms with E-state index in [-0.39, 0.29) is 24.7 Å². The first-order valence-corrected chi connectivity index (χ1v) is 12.8. The largest absolute Gasteiger partial charge is 0.467 e. The molecule has 1 aromatic carbocycles. The molecule has 0 unspecified atom stereocenters. The van der Waals surface area contributed by atoms with Gasteiger partial charge in [-0.1, -0.05) is 0 Å². The number of halogens is 3. The van der Waals surface area contributed by atoms with Crippen molar-refractivity contribution in [2.24, 2.45) is 0 Å². The quantitative estimate of drug-likeness (QED) is 0.460. The number of methoxy groups -OCH3 is 1. The number of amides is 1. The molecule has 8 nitrogen and oxygen atoms in total. The van der Waals surface area contributed by atoms with Gasteiger partial charge in [-0.05, 0) is 82.7 Å². The van der Waals surface area contributed by atoms with E-state index in [1.54, 1.807) is 11.8 Å². The molecule has 1 fully saturated rings. The van der Waals surface area contributed by atoms with Crippen molar-refractivity contribution in [3.63, 3.8) is 0 Å². The number of ether oxygens (including phenoxy) is 3. The Hall–Kier alpha value is -3.08. The molecule has 0 spiro atoms. The molecule has 0 N–H and O–H groups in total. The molecule has 4 rings (SSSR count). The molecular weight excluding hydrogens is 501 g/mol. The lowest BCUT2D eigenvalue weighted by Gasteiger charge is -2.42. The molecule has 0 radical (unpaired) electrons. The third-order valence-electron chi connectivity index (χ3n) is 6.67. The van der Waals surface area contributed by atoms with E-state index >= 15 is 0 Å². The minimum Gasteiger partial charge on any atom is -0.467 e. The van der Waals surface area contributed by atoms with Crippen LogP contribution in [0, 0.1) is 6.92 Å². The molecule has 2 aromatic rings. The number of carbonyl (C=O) groups is 1. The van der Waals surface area contributed by atoms with Crippen molar-refractivity contribution < 1.29 is 32.2 Å². The van der Waals surface area contributed by atoms with Gasteiger partial charge in [0.2, 0.25) is 0 Å². The third-order valence-corrected chi connectivity index (χ3v) is 6.67. The van der Waals surface area contributed by atoms with Crippen LogP contribution in [0.25, 0.3) is 11.3 Å². The Balaban J connectivity index is 1.63. The number of alkyl halides is 3. The lowest BCUT2D eigenvalue weighted by Crippen LogP contribution is -2.52.